The Morgan fingerprint density at radius 3 is 1.62 bits per heavy atom. The Hall–Kier alpha value is -1.25. The van der Waals surface area contributed by atoms with Crippen LogP contribution in [0.5, 0.6) is 0 Å². The molecule has 0 aliphatic rings. The monoisotopic (exact) mass is 111 g/mol. The van der Waals surface area contributed by atoms with Gasteiger partial charge in [0.25, 0.3) is 0 Å². The van der Waals surface area contributed by atoms with Gasteiger partial charge in [0.15, 0.2) is 0 Å². The first-order valence-corrected chi connectivity index (χ1v) is 2.03. The minimum atomic E-state index is -0.127. The van der Waals surface area contributed by atoms with Gasteiger partial charge < -0.3 is 11.5 Å². The standard InChI is InChI=1S/C5H9N3/c1-3(4(2)6)5(7)8/h1-2,6H2,(H3,7,8). The molecule has 0 bridgehead atoms. The third kappa shape index (κ3) is 1.47. The molecule has 0 atom stereocenters. The van der Waals surface area contributed by atoms with Gasteiger partial charge in [-0.25, -0.2) is 0 Å². The van der Waals surface area contributed by atoms with Gasteiger partial charge in [-0.05, 0) is 0 Å². The lowest BCUT2D eigenvalue weighted by Gasteiger charge is -1.98. The summed E-state index contributed by atoms with van der Waals surface area (Å²) >= 11 is 0. The van der Waals surface area contributed by atoms with Crippen molar-refractivity contribution in [2.75, 3.05) is 0 Å². The van der Waals surface area contributed by atoms with E-state index in [-0.39, 0.29) is 11.5 Å². The van der Waals surface area contributed by atoms with E-state index < -0.39 is 0 Å². The molecule has 0 heterocycles. The van der Waals surface area contributed by atoms with Gasteiger partial charge in [-0.15, -0.1) is 0 Å². The van der Waals surface area contributed by atoms with Crippen LogP contribution in [0.15, 0.2) is 24.4 Å². The fourth-order valence-corrected chi connectivity index (χ4v) is 0.173. The Bertz CT molecular complexity index is 130. The number of hydrogen-bond donors (Lipinski definition) is 3. The predicted molar refractivity (Wildman–Crippen MR) is 34.4 cm³/mol. The van der Waals surface area contributed by atoms with Crippen molar-refractivity contribution in [3.05, 3.63) is 24.4 Å². The third-order valence-corrected chi connectivity index (χ3v) is 0.713. The van der Waals surface area contributed by atoms with Crippen LogP contribution in [0, 0.1) is 5.41 Å². The summed E-state index contributed by atoms with van der Waals surface area (Å²) in [7, 11) is 0. The summed E-state index contributed by atoms with van der Waals surface area (Å²) in [6, 6.07) is 0. The van der Waals surface area contributed by atoms with Crippen LogP contribution in [-0.4, -0.2) is 5.84 Å². The van der Waals surface area contributed by atoms with Crippen molar-refractivity contribution >= 4 is 5.84 Å². The fourth-order valence-electron chi connectivity index (χ4n) is 0.173. The van der Waals surface area contributed by atoms with Gasteiger partial charge in [0.05, 0.1) is 0 Å². The van der Waals surface area contributed by atoms with E-state index in [1.807, 2.05) is 0 Å². The van der Waals surface area contributed by atoms with Gasteiger partial charge in [0.2, 0.25) is 0 Å². The maximum atomic E-state index is 6.77. The quantitative estimate of drug-likeness (QED) is 0.265. The van der Waals surface area contributed by atoms with E-state index >= 15 is 0 Å². The molecule has 3 nitrogen and oxygen atoms in total. The zero-order chi connectivity index (χ0) is 6.73. The molecule has 8 heavy (non-hydrogen) atoms. The van der Waals surface area contributed by atoms with Gasteiger partial charge in [-0.3, -0.25) is 5.41 Å². The molecular weight excluding hydrogens is 102 g/mol. The van der Waals surface area contributed by atoms with Crippen LogP contribution in [0.1, 0.15) is 0 Å². The maximum Gasteiger partial charge on any atom is 0.124 e. The molecule has 0 unspecified atom stereocenters. The zero-order valence-corrected chi connectivity index (χ0v) is 4.57. The van der Waals surface area contributed by atoms with Gasteiger partial charge >= 0.3 is 0 Å². The van der Waals surface area contributed by atoms with Crippen LogP contribution in [-0.2, 0) is 0 Å². The van der Waals surface area contributed by atoms with E-state index in [0.717, 1.165) is 0 Å². The summed E-state index contributed by atoms with van der Waals surface area (Å²) in [6.07, 6.45) is 0. The summed E-state index contributed by atoms with van der Waals surface area (Å²) in [5.74, 6) is -0.127. The Morgan fingerprint density at radius 2 is 1.62 bits per heavy atom. The molecule has 3 heteroatoms. The zero-order valence-electron chi connectivity index (χ0n) is 4.57. The first kappa shape index (κ1) is 6.75. The van der Waals surface area contributed by atoms with Crippen molar-refractivity contribution in [1.82, 2.24) is 0 Å². The lowest BCUT2D eigenvalue weighted by atomic mass is 10.2. The SMILES string of the molecule is C=C(N)C(=C)C(=N)N. The van der Waals surface area contributed by atoms with Gasteiger partial charge in [0, 0.05) is 11.3 Å². The average molecular weight is 111 g/mol. The van der Waals surface area contributed by atoms with E-state index in [9.17, 15) is 0 Å². The van der Waals surface area contributed by atoms with Crippen LogP contribution >= 0.6 is 0 Å². The molecule has 0 spiro atoms. The third-order valence-electron chi connectivity index (χ3n) is 0.713. The van der Waals surface area contributed by atoms with E-state index in [0.29, 0.717) is 5.57 Å². The van der Waals surface area contributed by atoms with Crippen molar-refractivity contribution in [1.29, 1.82) is 5.41 Å². The highest BCUT2D eigenvalue weighted by Gasteiger charge is 1.95. The van der Waals surface area contributed by atoms with Crippen LogP contribution in [0.25, 0.3) is 0 Å². The van der Waals surface area contributed by atoms with Crippen LogP contribution in [0.3, 0.4) is 0 Å². The molecule has 0 amide bonds. The lowest BCUT2D eigenvalue weighted by Crippen LogP contribution is -2.16. The highest BCUT2D eigenvalue weighted by Crippen LogP contribution is 1.93. The molecule has 0 aromatic carbocycles. The number of nitrogens with one attached hydrogen (secondary N) is 1. The largest absolute Gasteiger partial charge is 0.399 e. The van der Waals surface area contributed by atoms with E-state index in [4.69, 9.17) is 16.9 Å². The normalized spacial score (nSPS) is 8.00. The molecule has 0 aliphatic heterocycles. The van der Waals surface area contributed by atoms with Crippen LogP contribution < -0.4 is 11.5 Å². The Labute approximate surface area is 48.2 Å². The maximum absolute atomic E-state index is 6.77. The smallest absolute Gasteiger partial charge is 0.124 e. The molecule has 44 valence electrons. The molecule has 0 aliphatic carbocycles. The summed E-state index contributed by atoms with van der Waals surface area (Å²) in [6.45, 7) is 6.71. The highest BCUT2D eigenvalue weighted by molar-refractivity contribution is 5.97. The Morgan fingerprint density at radius 1 is 1.25 bits per heavy atom. The van der Waals surface area contributed by atoms with Crippen molar-refractivity contribution in [2.24, 2.45) is 11.5 Å². The summed E-state index contributed by atoms with van der Waals surface area (Å²) < 4.78 is 0. The predicted octanol–water partition coefficient (Wildman–Crippen LogP) is -0.0490. The molecule has 5 N–H and O–H groups in total. The Kier molecular flexibility index (Phi) is 1.82. The second kappa shape index (κ2) is 2.16. The van der Waals surface area contributed by atoms with Gasteiger partial charge in [0.1, 0.15) is 5.84 Å². The van der Waals surface area contributed by atoms with E-state index in [1.54, 1.807) is 0 Å². The van der Waals surface area contributed by atoms with E-state index in [2.05, 4.69) is 13.2 Å². The number of nitrogens with two attached hydrogens (primary N) is 2. The molecule has 0 aromatic rings. The van der Waals surface area contributed by atoms with Crippen molar-refractivity contribution in [3.8, 4) is 0 Å². The van der Waals surface area contributed by atoms with Gasteiger partial charge in [-0.2, -0.15) is 0 Å². The average Bonchev–Trinajstić information content (AvgIpc) is 1.64. The minimum Gasteiger partial charge on any atom is -0.399 e. The molecule has 0 fully saturated rings. The minimum absolute atomic E-state index is 0.127. The summed E-state index contributed by atoms with van der Waals surface area (Å²) in [5, 5.41) is 6.77. The highest BCUT2D eigenvalue weighted by atomic mass is 14.7. The van der Waals surface area contributed by atoms with Gasteiger partial charge in [-0.1, -0.05) is 13.2 Å². The molecule has 0 radical (unpaired) electrons. The fraction of sp³-hybridized carbons (Fsp3) is 0. The van der Waals surface area contributed by atoms with E-state index in [1.165, 1.54) is 0 Å². The van der Waals surface area contributed by atoms with Crippen LogP contribution in [0.4, 0.5) is 0 Å². The number of hydrogen-bond acceptors (Lipinski definition) is 2. The van der Waals surface area contributed by atoms with Crippen molar-refractivity contribution in [3.63, 3.8) is 0 Å². The molecule has 0 saturated carbocycles. The molecular formula is C5H9N3. The lowest BCUT2D eigenvalue weighted by molar-refractivity contribution is 1.35. The first-order chi connectivity index (χ1) is 3.55. The van der Waals surface area contributed by atoms with Crippen molar-refractivity contribution < 1.29 is 0 Å². The number of rotatable bonds is 2. The Balaban J connectivity index is 4.05. The summed E-state index contributed by atoms with van der Waals surface area (Å²) in [4.78, 5) is 0. The first-order valence-electron chi connectivity index (χ1n) is 2.03. The molecule has 0 rings (SSSR count). The number of amidine groups is 1. The summed E-state index contributed by atoms with van der Waals surface area (Å²) in [5.41, 5.74) is 10.6. The second-order valence-corrected chi connectivity index (χ2v) is 1.42. The molecule has 0 saturated heterocycles. The topological polar surface area (TPSA) is 75.9 Å². The second-order valence-electron chi connectivity index (χ2n) is 1.42. The molecule has 0 aromatic heterocycles. The van der Waals surface area contributed by atoms with Crippen LogP contribution in [0.2, 0.25) is 0 Å². The van der Waals surface area contributed by atoms with Crippen molar-refractivity contribution in [2.45, 2.75) is 0 Å².